The average molecular weight is 326 g/mol. The lowest BCUT2D eigenvalue weighted by molar-refractivity contribution is -0.150. The smallest absolute Gasteiger partial charge is 0.326 e. The van der Waals surface area contributed by atoms with Crippen molar-refractivity contribution in [3.63, 3.8) is 0 Å². The van der Waals surface area contributed by atoms with E-state index < -0.39 is 12.0 Å². The number of aromatic nitrogens is 1. The summed E-state index contributed by atoms with van der Waals surface area (Å²) in [4.78, 5) is 25.9. The molecule has 0 bridgehead atoms. The topological polar surface area (TPSA) is 62.5 Å². The van der Waals surface area contributed by atoms with Crippen molar-refractivity contribution in [3.05, 3.63) is 35.5 Å². The molecule has 1 fully saturated rings. The lowest BCUT2D eigenvalue weighted by Gasteiger charge is -2.29. The van der Waals surface area contributed by atoms with E-state index in [1.54, 1.807) is 4.90 Å². The molecule has 24 heavy (non-hydrogen) atoms. The summed E-state index contributed by atoms with van der Waals surface area (Å²) in [5.41, 5.74) is 3.79. The van der Waals surface area contributed by atoms with E-state index in [1.165, 1.54) is 22.2 Å². The fourth-order valence-electron chi connectivity index (χ4n) is 4.46. The molecule has 1 saturated heterocycles. The maximum atomic E-state index is 12.9. The van der Waals surface area contributed by atoms with Crippen molar-refractivity contribution < 1.29 is 14.7 Å². The van der Waals surface area contributed by atoms with Crippen LogP contribution in [0.15, 0.2) is 24.3 Å². The molecule has 1 aromatic carbocycles. The molecule has 0 radical (unpaired) electrons. The second-order valence-electron chi connectivity index (χ2n) is 6.97. The Kier molecular flexibility index (Phi) is 3.59. The molecule has 2 unspecified atom stereocenters. The number of amides is 1. The van der Waals surface area contributed by atoms with E-state index in [-0.39, 0.29) is 11.8 Å². The van der Waals surface area contributed by atoms with E-state index in [0.29, 0.717) is 13.0 Å². The number of nitrogens with zero attached hydrogens (tertiary/aromatic N) is 2. The first kappa shape index (κ1) is 15.2. The summed E-state index contributed by atoms with van der Waals surface area (Å²) in [5, 5.41) is 10.6. The van der Waals surface area contributed by atoms with Gasteiger partial charge in [-0.2, -0.15) is 0 Å². The zero-order chi connectivity index (χ0) is 16.8. The number of carbonyl (C=O) groups is 2. The summed E-state index contributed by atoms with van der Waals surface area (Å²) >= 11 is 0. The van der Waals surface area contributed by atoms with Gasteiger partial charge in [0.2, 0.25) is 5.91 Å². The first-order valence-corrected chi connectivity index (χ1v) is 8.66. The van der Waals surface area contributed by atoms with Crippen LogP contribution >= 0.6 is 0 Å². The largest absolute Gasteiger partial charge is 0.480 e. The first-order valence-electron chi connectivity index (χ1n) is 8.66. The van der Waals surface area contributed by atoms with Crippen molar-refractivity contribution in [3.8, 4) is 0 Å². The molecule has 2 aromatic rings. The zero-order valence-corrected chi connectivity index (χ0v) is 13.9. The predicted octanol–water partition coefficient (Wildman–Crippen LogP) is 2.36. The summed E-state index contributed by atoms with van der Waals surface area (Å²) < 4.78 is 2.24. The fraction of sp³-hybridized carbons (Fsp3) is 0.474. The molecule has 1 N–H and O–H groups in total. The van der Waals surface area contributed by atoms with Gasteiger partial charge in [0.05, 0.1) is 0 Å². The van der Waals surface area contributed by atoms with Crippen LogP contribution in [0, 0.1) is 5.92 Å². The molecular weight excluding hydrogens is 304 g/mol. The highest BCUT2D eigenvalue weighted by Gasteiger charge is 2.38. The van der Waals surface area contributed by atoms with E-state index in [9.17, 15) is 14.7 Å². The number of benzene rings is 1. The molecular formula is C19H22N2O3. The van der Waals surface area contributed by atoms with Crippen LogP contribution in [-0.4, -0.2) is 39.0 Å². The first-order chi connectivity index (χ1) is 11.6. The number of para-hydroxylation sites is 1. The number of carboxylic acids is 1. The van der Waals surface area contributed by atoms with E-state index in [1.807, 2.05) is 12.1 Å². The minimum absolute atomic E-state index is 0.0264. The molecule has 1 aliphatic heterocycles. The summed E-state index contributed by atoms with van der Waals surface area (Å²) in [6.07, 6.45) is 3.77. The van der Waals surface area contributed by atoms with Gasteiger partial charge in [0, 0.05) is 36.1 Å². The molecule has 1 amide bonds. The van der Waals surface area contributed by atoms with Crippen LogP contribution in [0.4, 0.5) is 0 Å². The number of carboxylic acid groups (broad SMARTS) is 1. The summed E-state index contributed by atoms with van der Waals surface area (Å²) in [6, 6.07) is 7.68. The van der Waals surface area contributed by atoms with Gasteiger partial charge in [0.1, 0.15) is 6.04 Å². The predicted molar refractivity (Wildman–Crippen MR) is 90.8 cm³/mol. The van der Waals surface area contributed by atoms with E-state index >= 15 is 0 Å². The Labute approximate surface area is 140 Å². The third-order valence-electron chi connectivity index (χ3n) is 5.69. The Morgan fingerprint density at radius 2 is 2.00 bits per heavy atom. The Morgan fingerprint density at radius 1 is 1.21 bits per heavy atom. The SMILES string of the molecule is Cn1c2c(c3ccccc31)CC(C(=O)N1CCCC1C(=O)O)CC2. The van der Waals surface area contributed by atoms with Gasteiger partial charge in [-0.15, -0.1) is 0 Å². The van der Waals surface area contributed by atoms with Gasteiger partial charge in [0.15, 0.2) is 0 Å². The van der Waals surface area contributed by atoms with Crippen LogP contribution in [0.5, 0.6) is 0 Å². The quantitative estimate of drug-likeness (QED) is 0.921. The Hall–Kier alpha value is -2.30. The minimum Gasteiger partial charge on any atom is -0.480 e. The van der Waals surface area contributed by atoms with Crippen LogP contribution in [0.25, 0.3) is 10.9 Å². The number of aryl methyl sites for hydroxylation is 1. The number of aliphatic carboxylic acids is 1. The van der Waals surface area contributed by atoms with Crippen LogP contribution in [0.1, 0.15) is 30.5 Å². The zero-order valence-electron chi connectivity index (χ0n) is 13.9. The molecule has 4 rings (SSSR count). The third kappa shape index (κ3) is 2.22. The van der Waals surface area contributed by atoms with Crippen LogP contribution in [-0.2, 0) is 29.5 Å². The third-order valence-corrected chi connectivity index (χ3v) is 5.69. The van der Waals surface area contributed by atoms with Crippen LogP contribution < -0.4 is 0 Å². The summed E-state index contributed by atoms with van der Waals surface area (Å²) in [6.45, 7) is 0.578. The highest BCUT2D eigenvalue weighted by molar-refractivity contribution is 5.89. The number of carbonyl (C=O) groups excluding carboxylic acids is 1. The van der Waals surface area contributed by atoms with Gasteiger partial charge in [-0.3, -0.25) is 4.79 Å². The lowest BCUT2D eigenvalue weighted by atomic mass is 9.85. The molecule has 2 heterocycles. The van der Waals surface area contributed by atoms with E-state index in [4.69, 9.17) is 0 Å². The van der Waals surface area contributed by atoms with E-state index in [2.05, 4.69) is 23.7 Å². The Balaban J connectivity index is 1.64. The molecule has 5 heteroatoms. The van der Waals surface area contributed by atoms with Crippen LogP contribution in [0.3, 0.4) is 0 Å². The van der Waals surface area contributed by atoms with Gasteiger partial charge in [-0.05, 0) is 43.7 Å². The maximum absolute atomic E-state index is 12.9. The van der Waals surface area contributed by atoms with Crippen molar-refractivity contribution in [2.45, 2.75) is 38.1 Å². The number of hydrogen-bond acceptors (Lipinski definition) is 2. The van der Waals surface area contributed by atoms with Gasteiger partial charge >= 0.3 is 5.97 Å². The summed E-state index contributed by atoms with van der Waals surface area (Å²) in [5.74, 6) is -0.941. The van der Waals surface area contributed by atoms with Gasteiger partial charge in [-0.25, -0.2) is 4.79 Å². The minimum atomic E-state index is -0.873. The molecule has 0 spiro atoms. The normalized spacial score (nSPS) is 23.5. The van der Waals surface area contributed by atoms with Crippen molar-refractivity contribution in [1.29, 1.82) is 0 Å². The van der Waals surface area contributed by atoms with Crippen molar-refractivity contribution in [1.82, 2.24) is 9.47 Å². The monoisotopic (exact) mass is 326 g/mol. The average Bonchev–Trinajstić information content (AvgIpc) is 3.19. The van der Waals surface area contributed by atoms with Gasteiger partial charge in [-0.1, -0.05) is 18.2 Å². The van der Waals surface area contributed by atoms with Crippen molar-refractivity contribution >= 4 is 22.8 Å². The standard InChI is InChI=1S/C19H22N2O3/c1-20-15-6-3-2-5-13(15)14-11-12(8-9-16(14)20)18(22)21-10-4-7-17(21)19(23)24/h2-3,5-6,12,17H,4,7-11H2,1H3,(H,23,24). The molecule has 2 atom stereocenters. The van der Waals surface area contributed by atoms with E-state index in [0.717, 1.165) is 25.7 Å². The second kappa shape index (κ2) is 5.65. The molecule has 0 saturated carbocycles. The number of hydrogen-bond donors (Lipinski definition) is 1. The maximum Gasteiger partial charge on any atom is 0.326 e. The lowest BCUT2D eigenvalue weighted by Crippen LogP contribution is -2.44. The summed E-state index contributed by atoms with van der Waals surface area (Å²) in [7, 11) is 2.09. The molecule has 5 nitrogen and oxygen atoms in total. The molecule has 2 aliphatic rings. The van der Waals surface area contributed by atoms with Crippen molar-refractivity contribution in [2.75, 3.05) is 6.54 Å². The molecule has 1 aromatic heterocycles. The number of likely N-dealkylation sites (tertiary alicyclic amines) is 1. The van der Waals surface area contributed by atoms with Gasteiger partial charge in [0.25, 0.3) is 0 Å². The number of rotatable bonds is 2. The highest BCUT2D eigenvalue weighted by Crippen LogP contribution is 2.35. The highest BCUT2D eigenvalue weighted by atomic mass is 16.4. The molecule has 1 aliphatic carbocycles. The van der Waals surface area contributed by atoms with Crippen molar-refractivity contribution in [2.24, 2.45) is 13.0 Å². The van der Waals surface area contributed by atoms with Gasteiger partial charge < -0.3 is 14.6 Å². The Bertz CT molecular complexity index is 823. The number of fused-ring (bicyclic) bond motifs is 3. The second-order valence-corrected chi connectivity index (χ2v) is 6.97. The fourth-order valence-corrected chi connectivity index (χ4v) is 4.46. The van der Waals surface area contributed by atoms with Crippen LogP contribution in [0.2, 0.25) is 0 Å². The Morgan fingerprint density at radius 3 is 2.79 bits per heavy atom. The molecule has 126 valence electrons.